The van der Waals surface area contributed by atoms with Crippen LogP contribution in [0.1, 0.15) is 27.7 Å². The Balaban J connectivity index is 0.00000176. The van der Waals surface area contributed by atoms with Crippen molar-refractivity contribution < 1.29 is 14.3 Å². The number of ether oxygens (including phenoxy) is 2. The van der Waals surface area contributed by atoms with Gasteiger partial charge in [0.05, 0.1) is 6.04 Å². The summed E-state index contributed by atoms with van der Waals surface area (Å²) in [4.78, 5) is 16.6. The van der Waals surface area contributed by atoms with E-state index in [1.54, 1.807) is 30.5 Å². The van der Waals surface area contributed by atoms with Gasteiger partial charge in [-0.05, 0) is 42.8 Å². The molecule has 1 aromatic heterocycles. The topological polar surface area (TPSA) is 74.4 Å². The average Bonchev–Trinajstić information content (AvgIpc) is 2.53. The SMILES string of the molecule is Cc1cc(C(N)C(=O)c2ccc3c(c2)OCCO3)ccn1.Cl. The summed E-state index contributed by atoms with van der Waals surface area (Å²) >= 11 is 0. The first-order valence-electron chi connectivity index (χ1n) is 6.77. The Labute approximate surface area is 134 Å². The van der Waals surface area contributed by atoms with Gasteiger partial charge in [-0.3, -0.25) is 9.78 Å². The summed E-state index contributed by atoms with van der Waals surface area (Å²) in [5.74, 6) is 1.09. The smallest absolute Gasteiger partial charge is 0.184 e. The van der Waals surface area contributed by atoms with Crippen LogP contribution in [0, 0.1) is 6.92 Å². The summed E-state index contributed by atoms with van der Waals surface area (Å²) in [5.41, 5.74) is 8.16. The molecule has 3 rings (SSSR count). The fourth-order valence-corrected chi connectivity index (χ4v) is 2.29. The van der Waals surface area contributed by atoms with E-state index >= 15 is 0 Å². The molecule has 0 fully saturated rings. The number of hydrogen-bond acceptors (Lipinski definition) is 5. The minimum atomic E-state index is -0.714. The van der Waals surface area contributed by atoms with Crippen molar-refractivity contribution in [2.24, 2.45) is 5.73 Å². The fourth-order valence-electron chi connectivity index (χ4n) is 2.29. The van der Waals surface area contributed by atoms with E-state index in [0.717, 1.165) is 11.3 Å². The highest BCUT2D eigenvalue weighted by Gasteiger charge is 2.21. The zero-order chi connectivity index (χ0) is 14.8. The third kappa shape index (κ3) is 3.21. The highest BCUT2D eigenvalue weighted by molar-refractivity contribution is 6.01. The molecule has 1 aliphatic rings. The Bertz CT molecular complexity index is 691. The monoisotopic (exact) mass is 320 g/mol. The number of rotatable bonds is 3. The summed E-state index contributed by atoms with van der Waals surface area (Å²) in [5, 5.41) is 0. The summed E-state index contributed by atoms with van der Waals surface area (Å²) in [6.07, 6.45) is 1.65. The van der Waals surface area contributed by atoms with Gasteiger partial charge in [-0.2, -0.15) is 0 Å². The van der Waals surface area contributed by atoms with Crippen molar-refractivity contribution in [2.75, 3.05) is 13.2 Å². The molecule has 0 aliphatic carbocycles. The van der Waals surface area contributed by atoms with Gasteiger partial charge in [0, 0.05) is 17.5 Å². The molecule has 22 heavy (non-hydrogen) atoms. The van der Waals surface area contributed by atoms with E-state index < -0.39 is 6.04 Å². The lowest BCUT2D eigenvalue weighted by atomic mass is 9.98. The third-order valence-corrected chi connectivity index (χ3v) is 3.39. The molecule has 1 atom stereocenters. The fraction of sp³-hybridized carbons (Fsp3) is 0.250. The van der Waals surface area contributed by atoms with Crippen molar-refractivity contribution in [2.45, 2.75) is 13.0 Å². The van der Waals surface area contributed by atoms with Crippen molar-refractivity contribution in [1.29, 1.82) is 0 Å². The van der Waals surface area contributed by atoms with E-state index in [9.17, 15) is 4.79 Å². The molecule has 1 unspecified atom stereocenters. The molecule has 2 aromatic rings. The zero-order valence-electron chi connectivity index (χ0n) is 12.1. The van der Waals surface area contributed by atoms with Crippen LogP contribution in [0.2, 0.25) is 0 Å². The summed E-state index contributed by atoms with van der Waals surface area (Å²) < 4.78 is 10.9. The van der Waals surface area contributed by atoms with Crippen LogP contribution in [-0.4, -0.2) is 24.0 Å². The van der Waals surface area contributed by atoms with Crippen LogP contribution in [0.3, 0.4) is 0 Å². The van der Waals surface area contributed by atoms with Crippen LogP contribution >= 0.6 is 12.4 Å². The number of ketones is 1. The molecule has 0 spiro atoms. The highest BCUT2D eigenvalue weighted by atomic mass is 35.5. The number of nitrogens with two attached hydrogens (primary N) is 1. The van der Waals surface area contributed by atoms with Crippen molar-refractivity contribution in [3.63, 3.8) is 0 Å². The van der Waals surface area contributed by atoms with Gasteiger partial charge in [0.25, 0.3) is 0 Å². The molecule has 2 N–H and O–H groups in total. The number of halogens is 1. The minimum absolute atomic E-state index is 0. The number of Topliss-reactive ketones (excluding diaryl/α,β-unsaturated/α-hetero) is 1. The van der Waals surface area contributed by atoms with E-state index in [0.29, 0.717) is 30.3 Å². The predicted octanol–water partition coefficient (Wildman–Crippen LogP) is 2.47. The van der Waals surface area contributed by atoms with Gasteiger partial charge >= 0.3 is 0 Å². The number of hydrogen-bond donors (Lipinski definition) is 1. The second kappa shape index (κ2) is 6.77. The maximum atomic E-state index is 12.5. The second-order valence-electron chi connectivity index (χ2n) is 4.93. The Kier molecular flexibility index (Phi) is 5.00. The first kappa shape index (κ1) is 16.3. The Morgan fingerprint density at radius 3 is 2.64 bits per heavy atom. The maximum absolute atomic E-state index is 12.5. The summed E-state index contributed by atoms with van der Waals surface area (Å²) in [7, 11) is 0. The van der Waals surface area contributed by atoms with E-state index in [2.05, 4.69) is 4.98 Å². The van der Waals surface area contributed by atoms with Crippen molar-refractivity contribution in [3.05, 3.63) is 53.3 Å². The molecule has 1 aromatic carbocycles. The van der Waals surface area contributed by atoms with Crippen LogP contribution in [0.25, 0.3) is 0 Å². The maximum Gasteiger partial charge on any atom is 0.184 e. The summed E-state index contributed by atoms with van der Waals surface area (Å²) in [6, 6.07) is 8.00. The first-order chi connectivity index (χ1) is 10.1. The lowest BCUT2D eigenvalue weighted by Crippen LogP contribution is -2.22. The molecule has 0 bridgehead atoms. The standard InChI is InChI=1S/C16H16N2O3.ClH/c1-10-8-11(4-5-18-10)15(17)16(19)12-2-3-13-14(9-12)21-7-6-20-13;/h2-5,8-9,15H,6-7,17H2,1H3;1H. The molecule has 6 heteroatoms. The van der Waals surface area contributed by atoms with Crippen LogP contribution in [0.5, 0.6) is 11.5 Å². The van der Waals surface area contributed by atoms with Gasteiger partial charge in [-0.1, -0.05) is 0 Å². The van der Waals surface area contributed by atoms with E-state index in [1.807, 2.05) is 13.0 Å². The molecule has 116 valence electrons. The molecule has 0 saturated carbocycles. The molecule has 5 nitrogen and oxygen atoms in total. The normalized spacial score (nSPS) is 13.9. The first-order valence-corrected chi connectivity index (χ1v) is 6.77. The number of fused-ring (bicyclic) bond motifs is 1. The van der Waals surface area contributed by atoms with Crippen LogP contribution in [0.15, 0.2) is 36.5 Å². The average molecular weight is 321 g/mol. The van der Waals surface area contributed by atoms with Crippen LogP contribution in [0.4, 0.5) is 0 Å². The lowest BCUT2D eigenvalue weighted by Gasteiger charge is -2.19. The van der Waals surface area contributed by atoms with Crippen molar-refractivity contribution in [3.8, 4) is 11.5 Å². The number of pyridine rings is 1. The lowest BCUT2D eigenvalue weighted by molar-refractivity contribution is 0.0960. The van der Waals surface area contributed by atoms with Gasteiger partial charge in [0.1, 0.15) is 13.2 Å². The zero-order valence-corrected chi connectivity index (χ0v) is 12.9. The molecule has 0 amide bonds. The number of benzene rings is 1. The molecule has 1 aliphatic heterocycles. The molecule has 0 saturated heterocycles. The van der Waals surface area contributed by atoms with Crippen molar-refractivity contribution >= 4 is 18.2 Å². The predicted molar refractivity (Wildman–Crippen MR) is 84.9 cm³/mol. The van der Waals surface area contributed by atoms with Gasteiger partial charge in [0.2, 0.25) is 0 Å². The molecule has 2 heterocycles. The van der Waals surface area contributed by atoms with Crippen molar-refractivity contribution in [1.82, 2.24) is 4.98 Å². The van der Waals surface area contributed by atoms with Gasteiger partial charge in [-0.25, -0.2) is 0 Å². The molecular formula is C16H17ClN2O3. The van der Waals surface area contributed by atoms with Gasteiger partial charge < -0.3 is 15.2 Å². The number of carbonyl (C=O) groups is 1. The molecule has 0 radical (unpaired) electrons. The number of carbonyl (C=O) groups excluding carboxylic acids is 1. The largest absolute Gasteiger partial charge is 0.486 e. The number of aromatic nitrogens is 1. The van der Waals surface area contributed by atoms with E-state index in [-0.39, 0.29) is 18.2 Å². The van der Waals surface area contributed by atoms with Gasteiger partial charge in [-0.15, -0.1) is 12.4 Å². The Hall–Kier alpha value is -2.11. The Morgan fingerprint density at radius 1 is 1.18 bits per heavy atom. The van der Waals surface area contributed by atoms with E-state index in [4.69, 9.17) is 15.2 Å². The number of nitrogens with zero attached hydrogens (tertiary/aromatic N) is 1. The summed E-state index contributed by atoms with van der Waals surface area (Å²) in [6.45, 7) is 2.88. The quantitative estimate of drug-likeness (QED) is 0.879. The third-order valence-electron chi connectivity index (χ3n) is 3.39. The number of aryl methyl sites for hydroxylation is 1. The van der Waals surface area contributed by atoms with Crippen LogP contribution < -0.4 is 15.2 Å². The highest BCUT2D eigenvalue weighted by Crippen LogP contribution is 2.31. The second-order valence-corrected chi connectivity index (χ2v) is 4.93. The van der Waals surface area contributed by atoms with Gasteiger partial charge in [0.15, 0.2) is 17.3 Å². The Morgan fingerprint density at radius 2 is 1.91 bits per heavy atom. The van der Waals surface area contributed by atoms with Crippen LogP contribution in [-0.2, 0) is 0 Å². The van der Waals surface area contributed by atoms with E-state index in [1.165, 1.54) is 0 Å². The minimum Gasteiger partial charge on any atom is -0.486 e. The molecular weight excluding hydrogens is 304 g/mol.